The van der Waals surface area contributed by atoms with Crippen LogP contribution < -0.4 is 0 Å². The Morgan fingerprint density at radius 2 is 1.00 bits per heavy atom. The van der Waals surface area contributed by atoms with Gasteiger partial charge in [0, 0.05) is 25.5 Å². The molecule has 0 aromatic heterocycles. The van der Waals surface area contributed by atoms with Crippen LogP contribution in [0.4, 0.5) is 0 Å². The molecule has 0 N–H and O–H groups in total. The molecule has 1 aliphatic heterocycles. The van der Waals surface area contributed by atoms with Crippen LogP contribution in [0.1, 0.15) is 141 Å². The first kappa shape index (κ1) is 28.8. The van der Waals surface area contributed by atoms with Gasteiger partial charge in [0.2, 0.25) is 0 Å². The zero-order chi connectivity index (χ0) is 24.1. The van der Waals surface area contributed by atoms with E-state index in [9.17, 15) is 0 Å². The molecular weight excluding hydrogens is 412 g/mol. The second-order valence-electron chi connectivity index (χ2n) is 10.6. The van der Waals surface area contributed by atoms with Gasteiger partial charge in [-0.15, -0.1) is 0 Å². The van der Waals surface area contributed by atoms with Crippen molar-refractivity contribution in [3.8, 4) is 0 Å². The van der Waals surface area contributed by atoms with Gasteiger partial charge < -0.3 is 9.80 Å². The van der Waals surface area contributed by atoms with Gasteiger partial charge in [-0.1, -0.05) is 147 Å². The zero-order valence-electron chi connectivity index (χ0n) is 22.9. The maximum Gasteiger partial charge on any atom is 0.101 e. The Kier molecular flexibility index (Phi) is 16.8. The first-order valence-corrected chi connectivity index (χ1v) is 15.1. The summed E-state index contributed by atoms with van der Waals surface area (Å²) < 4.78 is 0. The van der Waals surface area contributed by atoms with Crippen LogP contribution in [0.15, 0.2) is 42.7 Å². The largest absolute Gasteiger partial charge is 0.356 e. The summed E-state index contributed by atoms with van der Waals surface area (Å²) in [7, 11) is 0. The maximum absolute atomic E-state index is 2.65. The summed E-state index contributed by atoms with van der Waals surface area (Å²) in [5.74, 6) is 0. The van der Waals surface area contributed by atoms with Gasteiger partial charge in [0.05, 0.1) is 0 Å². The quantitative estimate of drug-likeness (QED) is 0.156. The summed E-state index contributed by atoms with van der Waals surface area (Å²) in [4.78, 5) is 5.24. The van der Waals surface area contributed by atoms with Gasteiger partial charge in [0.25, 0.3) is 0 Å². The monoisotopic (exact) mass is 468 g/mol. The number of rotatable bonds is 22. The van der Waals surface area contributed by atoms with Crippen LogP contribution in [-0.4, -0.2) is 22.5 Å². The number of benzene rings is 1. The molecule has 0 saturated carbocycles. The highest BCUT2D eigenvalue weighted by Crippen LogP contribution is 2.25. The predicted octanol–water partition coefficient (Wildman–Crippen LogP) is 10.1. The summed E-state index contributed by atoms with van der Waals surface area (Å²) in [5.41, 5.74) is 1.42. The lowest BCUT2D eigenvalue weighted by molar-refractivity contribution is 0.132. The summed E-state index contributed by atoms with van der Waals surface area (Å²) in [6.07, 6.45) is 32.0. The molecule has 1 aromatic carbocycles. The van der Waals surface area contributed by atoms with Crippen molar-refractivity contribution >= 4 is 0 Å². The molecule has 1 aromatic rings. The maximum atomic E-state index is 2.65. The van der Waals surface area contributed by atoms with Gasteiger partial charge in [-0.2, -0.15) is 0 Å². The van der Waals surface area contributed by atoms with E-state index in [0.717, 1.165) is 6.54 Å². The van der Waals surface area contributed by atoms with E-state index in [1.165, 1.54) is 134 Å². The van der Waals surface area contributed by atoms with E-state index in [0.29, 0.717) is 6.17 Å². The van der Waals surface area contributed by atoms with Gasteiger partial charge in [0.1, 0.15) is 6.17 Å². The Hall–Kier alpha value is -1.44. The fourth-order valence-corrected chi connectivity index (χ4v) is 5.31. The van der Waals surface area contributed by atoms with Gasteiger partial charge >= 0.3 is 0 Å². The van der Waals surface area contributed by atoms with Gasteiger partial charge in [-0.3, -0.25) is 0 Å². The first-order chi connectivity index (χ1) is 16.8. The highest BCUT2D eigenvalue weighted by Gasteiger charge is 2.25. The third-order valence-electron chi connectivity index (χ3n) is 7.51. The lowest BCUT2D eigenvalue weighted by atomic mass is 10.1. The second-order valence-corrected chi connectivity index (χ2v) is 10.6. The van der Waals surface area contributed by atoms with E-state index in [2.05, 4.69) is 66.4 Å². The molecule has 0 amide bonds. The average Bonchev–Trinajstić information content (AvgIpc) is 3.23. The smallest absolute Gasteiger partial charge is 0.101 e. The second kappa shape index (κ2) is 19.8. The third kappa shape index (κ3) is 12.9. The molecule has 1 aliphatic rings. The van der Waals surface area contributed by atoms with Crippen LogP contribution in [0.3, 0.4) is 0 Å². The lowest BCUT2D eigenvalue weighted by Gasteiger charge is -2.33. The molecule has 194 valence electrons. The SMILES string of the molecule is CCCCCCCCCCCCN1C=CN(Cc2ccccc2)C1CCCCCCCCCC. The highest BCUT2D eigenvalue weighted by atomic mass is 15.4. The fraction of sp³-hybridized carbons (Fsp3) is 0.750. The number of hydrogen-bond acceptors (Lipinski definition) is 2. The minimum absolute atomic E-state index is 0.555. The standard InChI is InChI=1S/C32H56N2/c1-3-5-7-9-11-13-14-16-18-23-27-33-28-29-34(30-31-24-20-19-21-25-31)32(33)26-22-17-15-12-10-8-6-4-2/h19-21,24-25,28-29,32H,3-18,22-23,26-27,30H2,1-2H3. The topological polar surface area (TPSA) is 6.48 Å². The van der Waals surface area contributed by atoms with Crippen LogP contribution in [-0.2, 0) is 6.54 Å². The van der Waals surface area contributed by atoms with Crippen LogP contribution in [0.25, 0.3) is 0 Å². The summed E-state index contributed by atoms with van der Waals surface area (Å²) in [6.45, 7) is 6.86. The molecule has 1 unspecified atom stereocenters. The Balaban J connectivity index is 1.66. The molecule has 1 heterocycles. The third-order valence-corrected chi connectivity index (χ3v) is 7.51. The molecule has 2 heteroatoms. The van der Waals surface area contributed by atoms with Crippen LogP contribution >= 0.6 is 0 Å². The zero-order valence-corrected chi connectivity index (χ0v) is 22.9. The van der Waals surface area contributed by atoms with Gasteiger partial charge in [0.15, 0.2) is 0 Å². The Morgan fingerprint density at radius 3 is 1.56 bits per heavy atom. The number of hydrogen-bond donors (Lipinski definition) is 0. The van der Waals surface area contributed by atoms with Crippen molar-refractivity contribution in [3.05, 3.63) is 48.3 Å². The Labute approximate surface area is 213 Å². The molecule has 0 spiro atoms. The van der Waals surface area contributed by atoms with Crippen molar-refractivity contribution in [1.29, 1.82) is 0 Å². The fourth-order valence-electron chi connectivity index (χ4n) is 5.31. The normalized spacial score (nSPS) is 15.5. The van der Waals surface area contributed by atoms with E-state index in [-0.39, 0.29) is 0 Å². The number of unbranched alkanes of at least 4 members (excludes halogenated alkanes) is 16. The molecule has 0 fully saturated rings. The number of nitrogens with zero attached hydrogens (tertiary/aromatic N) is 2. The van der Waals surface area contributed by atoms with Crippen molar-refractivity contribution in [1.82, 2.24) is 9.80 Å². The van der Waals surface area contributed by atoms with Gasteiger partial charge in [-0.25, -0.2) is 0 Å². The molecule has 2 rings (SSSR count). The molecule has 34 heavy (non-hydrogen) atoms. The average molecular weight is 469 g/mol. The molecule has 1 atom stereocenters. The van der Waals surface area contributed by atoms with Crippen molar-refractivity contribution in [3.63, 3.8) is 0 Å². The van der Waals surface area contributed by atoms with E-state index < -0.39 is 0 Å². The minimum atomic E-state index is 0.555. The van der Waals surface area contributed by atoms with Gasteiger partial charge in [-0.05, 0) is 24.8 Å². The van der Waals surface area contributed by atoms with Crippen molar-refractivity contribution in [2.75, 3.05) is 6.54 Å². The molecule has 0 saturated heterocycles. The van der Waals surface area contributed by atoms with E-state index in [1.54, 1.807) is 0 Å². The van der Waals surface area contributed by atoms with E-state index in [4.69, 9.17) is 0 Å². The molecule has 0 radical (unpaired) electrons. The van der Waals surface area contributed by atoms with Crippen LogP contribution in [0.2, 0.25) is 0 Å². The van der Waals surface area contributed by atoms with Crippen molar-refractivity contribution in [2.24, 2.45) is 0 Å². The van der Waals surface area contributed by atoms with Crippen molar-refractivity contribution in [2.45, 2.75) is 149 Å². The molecule has 0 aliphatic carbocycles. The van der Waals surface area contributed by atoms with E-state index >= 15 is 0 Å². The highest BCUT2D eigenvalue weighted by molar-refractivity contribution is 5.15. The van der Waals surface area contributed by atoms with E-state index in [1.807, 2.05) is 0 Å². The van der Waals surface area contributed by atoms with Crippen LogP contribution in [0.5, 0.6) is 0 Å². The summed E-state index contributed by atoms with van der Waals surface area (Å²) in [5, 5.41) is 0. The first-order valence-electron chi connectivity index (χ1n) is 15.1. The molecule has 0 bridgehead atoms. The summed E-state index contributed by atoms with van der Waals surface area (Å²) in [6, 6.07) is 11.0. The Morgan fingerprint density at radius 1 is 0.529 bits per heavy atom. The van der Waals surface area contributed by atoms with Crippen molar-refractivity contribution < 1.29 is 0 Å². The van der Waals surface area contributed by atoms with Crippen LogP contribution in [0, 0.1) is 0 Å². The molecular formula is C32H56N2. The summed E-state index contributed by atoms with van der Waals surface area (Å²) >= 11 is 0. The predicted molar refractivity (Wildman–Crippen MR) is 151 cm³/mol. The minimum Gasteiger partial charge on any atom is -0.356 e. The lowest BCUT2D eigenvalue weighted by Crippen LogP contribution is -2.38. The molecule has 2 nitrogen and oxygen atoms in total. The Bertz CT molecular complexity index is 596.